The average molecular weight is 1010 g/mol. The van der Waals surface area contributed by atoms with E-state index >= 15 is 0 Å². The van der Waals surface area contributed by atoms with Gasteiger partial charge in [0.2, 0.25) is 23.6 Å². The maximum atomic E-state index is 13.6. The zero-order chi connectivity index (χ0) is 52.8. The molecule has 1 aromatic rings. The van der Waals surface area contributed by atoms with Crippen molar-refractivity contribution in [1.29, 1.82) is 0 Å². The lowest BCUT2D eigenvalue weighted by Gasteiger charge is -2.22. The van der Waals surface area contributed by atoms with Crippen LogP contribution >= 0.6 is 12.6 Å². The molecule has 0 spiro atoms. The van der Waals surface area contributed by atoms with Crippen LogP contribution in [0.3, 0.4) is 0 Å². The van der Waals surface area contributed by atoms with E-state index < -0.39 is 133 Å². The van der Waals surface area contributed by atoms with Crippen molar-refractivity contribution in [2.45, 2.75) is 133 Å². The third-order valence-corrected chi connectivity index (χ3v) is 10.6. The number of carbonyl (C=O) groups is 13. The predicted octanol–water partition coefficient (Wildman–Crippen LogP) is -1.14. The second-order valence-electron chi connectivity index (χ2n) is 15.8. The number of ether oxygens (including phenoxy) is 1. The summed E-state index contributed by atoms with van der Waals surface area (Å²) in [5, 5.41) is 59.6. The normalized spacial score (nSPS) is 13.7. The first-order valence-electron chi connectivity index (χ1n) is 22.0. The molecule has 388 valence electrons. The van der Waals surface area contributed by atoms with Crippen molar-refractivity contribution in [1.82, 2.24) is 31.9 Å². The second kappa shape index (κ2) is 33.4. The van der Waals surface area contributed by atoms with Gasteiger partial charge in [-0.3, -0.25) is 47.9 Å². The molecule has 0 heterocycles. The zero-order valence-corrected chi connectivity index (χ0v) is 38.9. The summed E-state index contributed by atoms with van der Waals surface area (Å²) in [6.07, 6.45) is -0.686. The van der Waals surface area contributed by atoms with Crippen molar-refractivity contribution in [3.8, 4) is 0 Å². The topological polar surface area (TPSA) is 430 Å². The van der Waals surface area contributed by atoms with E-state index in [1.54, 1.807) is 30.3 Å². The summed E-state index contributed by atoms with van der Waals surface area (Å²) in [6, 6.07) is -0.310. The molecule has 0 unspecified atom stereocenters. The molecule has 6 amide bonds. The van der Waals surface area contributed by atoms with Gasteiger partial charge in [0.15, 0.2) is 12.0 Å². The Bertz CT molecular complexity index is 1990. The Labute approximate surface area is 406 Å². The molecule has 27 heteroatoms. The van der Waals surface area contributed by atoms with Crippen molar-refractivity contribution in [3.63, 3.8) is 0 Å². The standard InChI is InChI=1S/C43H61N7O19S/c44-27(38(60)47-30(20-36(57)58)39(61)48-31(22-70)42(66)67)21-45-37(59)26(40(62)63)19-32(53)29(18-24-10-6-5-7-11-24)46-33(54)13-9-4-2-1-3-8-12-25(52)14-15-28(41(64)65)49-43(68)50-34(69-23-51)16-17-35(55)56/h5-7,10-11,23,26-31,34,70H,1-4,8-9,12-22,44H2,(H,45,59)(H,46,54)(H,47,60)(H,48,61)(H,55,56)(H,57,58)(H,62,63)(H,64,65)(H,66,67)(H2,49,50,68)/t26-,27-,28-,29-,30-,31-,34+/m0/s1. The van der Waals surface area contributed by atoms with Gasteiger partial charge in [-0.25, -0.2) is 14.4 Å². The lowest BCUT2D eigenvalue weighted by atomic mass is 9.93. The molecule has 0 aromatic heterocycles. The van der Waals surface area contributed by atoms with Crippen molar-refractivity contribution >= 4 is 90.2 Å². The monoisotopic (exact) mass is 1010 g/mol. The van der Waals surface area contributed by atoms with E-state index in [-0.39, 0.29) is 56.5 Å². The number of urea groups is 1. The molecule has 13 N–H and O–H groups in total. The van der Waals surface area contributed by atoms with Gasteiger partial charge in [-0.05, 0) is 31.2 Å². The molecule has 26 nitrogen and oxygen atoms in total. The maximum Gasteiger partial charge on any atom is 0.327 e. The largest absolute Gasteiger partial charge is 0.481 e. The van der Waals surface area contributed by atoms with Gasteiger partial charge in [-0.2, -0.15) is 12.6 Å². The van der Waals surface area contributed by atoms with Gasteiger partial charge in [-0.1, -0.05) is 56.0 Å². The molecule has 70 heavy (non-hydrogen) atoms. The Balaban J connectivity index is 2.68. The number of benzene rings is 1. The highest BCUT2D eigenvalue weighted by Gasteiger charge is 2.34. The molecule has 7 atom stereocenters. The van der Waals surface area contributed by atoms with E-state index in [1.165, 1.54) is 0 Å². The number of hydrogen-bond acceptors (Lipinski definition) is 16. The van der Waals surface area contributed by atoms with E-state index in [4.69, 9.17) is 15.9 Å². The van der Waals surface area contributed by atoms with Crippen molar-refractivity contribution in [3.05, 3.63) is 35.9 Å². The van der Waals surface area contributed by atoms with E-state index in [0.29, 0.717) is 44.1 Å². The summed E-state index contributed by atoms with van der Waals surface area (Å²) < 4.78 is 4.60. The minimum atomic E-state index is -2.01. The number of carboxylic acid groups (broad SMARTS) is 5. The SMILES string of the molecule is N[C@@H](CNC(=O)[C@H](CC(=O)[C@H](Cc1ccccc1)NC(=O)CCCCCCCCC(=O)CC[C@H](NC(=O)N[C@@H](CCC(=O)O)OC=O)C(=O)O)C(=O)O)C(=O)N[C@@H](CC(=O)O)C(=O)N[C@@H](CS)C(=O)O. The number of hydrogen-bond donors (Lipinski definition) is 13. The number of nitrogens with two attached hydrogens (primary N) is 1. The highest BCUT2D eigenvalue weighted by molar-refractivity contribution is 7.80. The molecule has 0 saturated heterocycles. The lowest BCUT2D eigenvalue weighted by molar-refractivity contribution is -0.149. The Kier molecular flexibility index (Phi) is 29.0. The number of amides is 6. The number of Topliss-reactive ketones (excluding diaryl/α,β-unsaturated/α-hetero) is 2. The van der Waals surface area contributed by atoms with Gasteiger partial charge in [0, 0.05) is 44.4 Å². The van der Waals surface area contributed by atoms with Crippen LogP contribution in [0.25, 0.3) is 0 Å². The van der Waals surface area contributed by atoms with Gasteiger partial charge in [-0.15, -0.1) is 0 Å². The Hall–Kier alpha value is -7.16. The minimum Gasteiger partial charge on any atom is -0.481 e. The van der Waals surface area contributed by atoms with Crippen LogP contribution in [0.15, 0.2) is 30.3 Å². The lowest BCUT2D eigenvalue weighted by Crippen LogP contribution is -2.57. The Morgan fingerprint density at radius 2 is 1.20 bits per heavy atom. The highest BCUT2D eigenvalue weighted by Crippen LogP contribution is 2.14. The summed E-state index contributed by atoms with van der Waals surface area (Å²) in [5.74, 6) is -14.9. The molecule has 0 aliphatic rings. The predicted molar refractivity (Wildman–Crippen MR) is 243 cm³/mol. The first-order chi connectivity index (χ1) is 33.1. The molecule has 1 rings (SSSR count). The van der Waals surface area contributed by atoms with Crippen LogP contribution in [-0.2, 0) is 68.7 Å². The average Bonchev–Trinajstić information content (AvgIpc) is 3.29. The maximum absolute atomic E-state index is 13.6. The van der Waals surface area contributed by atoms with Crippen LogP contribution in [0.2, 0.25) is 0 Å². The van der Waals surface area contributed by atoms with Gasteiger partial charge >= 0.3 is 35.9 Å². The summed E-state index contributed by atoms with van der Waals surface area (Å²) in [5.41, 5.74) is 6.42. The van der Waals surface area contributed by atoms with Crippen LogP contribution in [-0.4, -0.2) is 152 Å². The fraction of sp³-hybridized carbons (Fsp3) is 0.558. The fourth-order valence-corrected chi connectivity index (χ4v) is 6.64. The first-order valence-corrected chi connectivity index (χ1v) is 22.6. The van der Waals surface area contributed by atoms with Crippen LogP contribution in [0.5, 0.6) is 0 Å². The Morgan fingerprint density at radius 3 is 1.76 bits per heavy atom. The van der Waals surface area contributed by atoms with E-state index in [2.05, 4.69) is 38.6 Å². The fourth-order valence-electron chi connectivity index (χ4n) is 6.39. The molecule has 0 aliphatic carbocycles. The molecule has 0 fully saturated rings. The summed E-state index contributed by atoms with van der Waals surface area (Å²) in [7, 11) is 0. The highest BCUT2D eigenvalue weighted by atomic mass is 32.1. The van der Waals surface area contributed by atoms with E-state index in [1.807, 2.05) is 10.6 Å². The van der Waals surface area contributed by atoms with E-state index in [9.17, 15) is 77.6 Å². The minimum absolute atomic E-state index is 0.00143. The molecule has 0 radical (unpaired) electrons. The van der Waals surface area contributed by atoms with Crippen LogP contribution in [0.1, 0.15) is 95.5 Å². The zero-order valence-electron chi connectivity index (χ0n) is 38.0. The number of carboxylic acids is 5. The van der Waals surface area contributed by atoms with Crippen molar-refractivity contribution in [2.24, 2.45) is 11.7 Å². The number of aliphatic carboxylic acids is 5. The quantitative estimate of drug-likeness (QED) is 0.0122. The first kappa shape index (κ1) is 60.9. The molecular formula is C43H61N7O19S. The van der Waals surface area contributed by atoms with Gasteiger partial charge in [0.05, 0.1) is 18.9 Å². The van der Waals surface area contributed by atoms with Gasteiger partial charge in [0.25, 0.3) is 6.47 Å². The third kappa shape index (κ3) is 25.8. The second-order valence-corrected chi connectivity index (χ2v) is 16.2. The van der Waals surface area contributed by atoms with Crippen molar-refractivity contribution in [2.75, 3.05) is 12.3 Å². The van der Waals surface area contributed by atoms with Crippen molar-refractivity contribution < 1.29 is 92.6 Å². The number of ketones is 2. The number of nitrogens with one attached hydrogen (secondary N) is 6. The smallest absolute Gasteiger partial charge is 0.327 e. The van der Waals surface area contributed by atoms with Crippen LogP contribution < -0.4 is 37.6 Å². The molecule has 0 bridgehead atoms. The van der Waals surface area contributed by atoms with Gasteiger partial charge in [0.1, 0.15) is 35.9 Å². The number of carbonyl (C=O) groups excluding carboxylic acids is 8. The molecular weight excluding hydrogens is 951 g/mol. The molecule has 0 aliphatic heterocycles. The van der Waals surface area contributed by atoms with Gasteiger partial charge < -0.3 is 67.9 Å². The summed E-state index contributed by atoms with van der Waals surface area (Å²) in [6.45, 7) is -0.736. The Morgan fingerprint density at radius 1 is 0.600 bits per heavy atom. The summed E-state index contributed by atoms with van der Waals surface area (Å²) in [4.78, 5) is 157. The van der Waals surface area contributed by atoms with Crippen LogP contribution in [0, 0.1) is 5.92 Å². The molecule has 1 aromatic carbocycles. The number of unbranched alkanes of at least 4 members (excludes halogenated alkanes) is 5. The number of rotatable bonds is 38. The third-order valence-electron chi connectivity index (χ3n) is 10.2. The van der Waals surface area contributed by atoms with E-state index in [0.717, 1.165) is 0 Å². The van der Waals surface area contributed by atoms with Crippen LogP contribution in [0.4, 0.5) is 4.79 Å². The summed E-state index contributed by atoms with van der Waals surface area (Å²) >= 11 is 3.80. The number of thiol groups is 1. The molecule has 0 saturated carbocycles.